The smallest absolute Gasteiger partial charge is 0.173 e. The Bertz CT molecular complexity index is 584. The molecule has 2 aromatic rings. The summed E-state index contributed by atoms with van der Waals surface area (Å²) in [6, 6.07) is 15.1. The van der Waals surface area contributed by atoms with E-state index in [1.165, 1.54) is 11.8 Å². The number of methoxy groups -OCH3 is 1. The topological polar surface area (TPSA) is 26.3 Å². The van der Waals surface area contributed by atoms with Crippen LogP contribution >= 0.6 is 27.7 Å². The van der Waals surface area contributed by atoms with E-state index in [4.69, 9.17) is 4.74 Å². The molecule has 0 aliphatic carbocycles. The summed E-state index contributed by atoms with van der Waals surface area (Å²) in [4.78, 5) is 13.2. The maximum absolute atomic E-state index is 12.1. The van der Waals surface area contributed by atoms with E-state index in [9.17, 15) is 4.79 Å². The first-order valence-electron chi connectivity index (χ1n) is 5.75. The van der Waals surface area contributed by atoms with Gasteiger partial charge in [0.05, 0.1) is 12.9 Å². The first-order chi connectivity index (χ1) is 9.20. The number of carbonyl (C=O) groups excluding carboxylic acids is 1. The van der Waals surface area contributed by atoms with Gasteiger partial charge in [0.15, 0.2) is 5.78 Å². The molecule has 0 aliphatic heterocycles. The van der Waals surface area contributed by atoms with Crippen molar-refractivity contribution < 1.29 is 9.53 Å². The second kappa shape index (κ2) is 6.78. The van der Waals surface area contributed by atoms with Gasteiger partial charge in [0.1, 0.15) is 5.75 Å². The number of hydrogen-bond donors (Lipinski definition) is 0. The predicted molar refractivity (Wildman–Crippen MR) is 82.2 cm³/mol. The van der Waals surface area contributed by atoms with Crippen LogP contribution < -0.4 is 4.74 Å². The first kappa shape index (κ1) is 14.2. The minimum Gasteiger partial charge on any atom is -0.497 e. The van der Waals surface area contributed by atoms with Gasteiger partial charge in [-0.2, -0.15) is 0 Å². The number of thioether (sulfide) groups is 1. The van der Waals surface area contributed by atoms with Gasteiger partial charge in [-0.1, -0.05) is 24.3 Å². The molecule has 0 heterocycles. The zero-order valence-corrected chi connectivity index (χ0v) is 12.8. The van der Waals surface area contributed by atoms with Crippen LogP contribution in [0, 0.1) is 0 Å². The summed E-state index contributed by atoms with van der Waals surface area (Å²) in [5.74, 6) is 1.21. The van der Waals surface area contributed by atoms with E-state index in [-0.39, 0.29) is 5.78 Å². The molecular weight excluding hydrogens is 324 g/mol. The van der Waals surface area contributed by atoms with E-state index in [2.05, 4.69) is 15.9 Å². The molecule has 0 amide bonds. The number of halogens is 1. The molecule has 2 rings (SSSR count). The molecule has 0 aliphatic rings. The molecule has 0 unspecified atom stereocenters. The Morgan fingerprint density at radius 3 is 2.74 bits per heavy atom. The van der Waals surface area contributed by atoms with Crippen LogP contribution in [0.3, 0.4) is 0 Å². The number of hydrogen-bond acceptors (Lipinski definition) is 3. The van der Waals surface area contributed by atoms with Gasteiger partial charge in [-0.15, -0.1) is 11.8 Å². The lowest BCUT2D eigenvalue weighted by Gasteiger charge is -2.05. The van der Waals surface area contributed by atoms with Crippen LogP contribution in [0.5, 0.6) is 5.75 Å². The highest BCUT2D eigenvalue weighted by Gasteiger charge is 2.08. The van der Waals surface area contributed by atoms with Crippen molar-refractivity contribution in [1.29, 1.82) is 0 Å². The van der Waals surface area contributed by atoms with Crippen LogP contribution in [-0.2, 0) is 0 Å². The summed E-state index contributed by atoms with van der Waals surface area (Å²) in [5.41, 5.74) is 0.680. The van der Waals surface area contributed by atoms with Gasteiger partial charge >= 0.3 is 0 Å². The zero-order valence-electron chi connectivity index (χ0n) is 10.4. The number of rotatable bonds is 5. The average molecular weight is 337 g/mol. The highest BCUT2D eigenvalue weighted by molar-refractivity contribution is 9.10. The van der Waals surface area contributed by atoms with Crippen LogP contribution in [0.4, 0.5) is 0 Å². The lowest BCUT2D eigenvalue weighted by Crippen LogP contribution is -2.02. The van der Waals surface area contributed by atoms with Gasteiger partial charge in [-0.25, -0.2) is 0 Å². The number of benzene rings is 2. The summed E-state index contributed by atoms with van der Waals surface area (Å²) in [7, 11) is 1.60. The van der Waals surface area contributed by atoms with Gasteiger partial charge in [0.2, 0.25) is 0 Å². The Labute approximate surface area is 125 Å². The molecule has 0 radical (unpaired) electrons. The SMILES string of the molecule is COc1cccc(C(=O)CSc2ccccc2Br)c1. The summed E-state index contributed by atoms with van der Waals surface area (Å²) < 4.78 is 6.13. The van der Waals surface area contributed by atoms with Gasteiger partial charge < -0.3 is 4.74 Å². The average Bonchev–Trinajstić information content (AvgIpc) is 2.46. The molecule has 0 N–H and O–H groups in total. The van der Waals surface area contributed by atoms with Crippen molar-refractivity contribution in [2.45, 2.75) is 4.90 Å². The molecule has 98 valence electrons. The van der Waals surface area contributed by atoms with E-state index >= 15 is 0 Å². The van der Waals surface area contributed by atoms with Crippen molar-refractivity contribution in [2.24, 2.45) is 0 Å². The second-order valence-electron chi connectivity index (χ2n) is 3.87. The second-order valence-corrected chi connectivity index (χ2v) is 5.75. The normalized spacial score (nSPS) is 10.2. The Morgan fingerprint density at radius 1 is 1.21 bits per heavy atom. The molecule has 0 fully saturated rings. The highest BCUT2D eigenvalue weighted by atomic mass is 79.9. The molecule has 19 heavy (non-hydrogen) atoms. The maximum Gasteiger partial charge on any atom is 0.173 e. The van der Waals surface area contributed by atoms with Crippen molar-refractivity contribution in [3.05, 3.63) is 58.6 Å². The van der Waals surface area contributed by atoms with Crippen LogP contribution in [0.2, 0.25) is 0 Å². The third-order valence-electron chi connectivity index (χ3n) is 2.59. The van der Waals surface area contributed by atoms with Crippen molar-refractivity contribution in [3.8, 4) is 5.75 Å². The maximum atomic E-state index is 12.1. The standard InChI is InChI=1S/C15H13BrO2S/c1-18-12-6-4-5-11(9-12)14(17)10-19-15-8-3-2-7-13(15)16/h2-9H,10H2,1H3. The van der Waals surface area contributed by atoms with Crippen LogP contribution in [0.15, 0.2) is 57.9 Å². The monoisotopic (exact) mass is 336 g/mol. The fraction of sp³-hybridized carbons (Fsp3) is 0.133. The van der Waals surface area contributed by atoms with Crippen LogP contribution in [0.1, 0.15) is 10.4 Å². The lowest BCUT2D eigenvalue weighted by molar-refractivity contribution is 0.102. The van der Waals surface area contributed by atoms with E-state index in [1.54, 1.807) is 13.2 Å². The number of ketones is 1. The third kappa shape index (κ3) is 3.85. The number of ether oxygens (including phenoxy) is 1. The van der Waals surface area contributed by atoms with Crippen molar-refractivity contribution in [3.63, 3.8) is 0 Å². The predicted octanol–water partition coefficient (Wildman–Crippen LogP) is 4.43. The van der Waals surface area contributed by atoms with Crippen molar-refractivity contribution >= 4 is 33.5 Å². The molecule has 0 saturated carbocycles. The summed E-state index contributed by atoms with van der Waals surface area (Å²) in [6.45, 7) is 0. The Hall–Kier alpha value is -1.26. The van der Waals surface area contributed by atoms with E-state index in [0.29, 0.717) is 17.1 Å². The zero-order chi connectivity index (χ0) is 13.7. The van der Waals surface area contributed by atoms with Crippen LogP contribution in [0.25, 0.3) is 0 Å². The first-order valence-corrected chi connectivity index (χ1v) is 7.53. The highest BCUT2D eigenvalue weighted by Crippen LogP contribution is 2.27. The van der Waals surface area contributed by atoms with Gasteiger partial charge in [-0.05, 0) is 40.2 Å². The Balaban J connectivity index is 2.03. The molecule has 4 heteroatoms. The minimum atomic E-state index is 0.0969. The van der Waals surface area contributed by atoms with E-state index in [0.717, 1.165) is 9.37 Å². The van der Waals surface area contributed by atoms with Crippen molar-refractivity contribution in [2.75, 3.05) is 12.9 Å². The molecule has 2 aromatic carbocycles. The molecule has 0 atom stereocenters. The number of Topliss-reactive ketones (excluding diaryl/α,β-unsaturated/α-hetero) is 1. The van der Waals surface area contributed by atoms with E-state index < -0.39 is 0 Å². The molecular formula is C15H13BrO2S. The summed E-state index contributed by atoms with van der Waals surface area (Å²) in [5, 5.41) is 0. The fourth-order valence-electron chi connectivity index (χ4n) is 1.58. The molecule has 0 spiro atoms. The quantitative estimate of drug-likeness (QED) is 0.596. The fourth-order valence-corrected chi connectivity index (χ4v) is 3.05. The minimum absolute atomic E-state index is 0.0969. The van der Waals surface area contributed by atoms with E-state index in [1.807, 2.05) is 42.5 Å². The van der Waals surface area contributed by atoms with Gasteiger partial charge in [-0.3, -0.25) is 4.79 Å². The van der Waals surface area contributed by atoms with Gasteiger partial charge in [0.25, 0.3) is 0 Å². The van der Waals surface area contributed by atoms with Gasteiger partial charge in [0, 0.05) is 14.9 Å². The lowest BCUT2D eigenvalue weighted by atomic mass is 10.1. The molecule has 0 bridgehead atoms. The largest absolute Gasteiger partial charge is 0.497 e. The summed E-state index contributed by atoms with van der Waals surface area (Å²) in [6.07, 6.45) is 0. The van der Waals surface area contributed by atoms with Crippen LogP contribution in [-0.4, -0.2) is 18.6 Å². The molecule has 0 saturated heterocycles. The third-order valence-corrected chi connectivity index (χ3v) is 4.61. The molecule has 2 nitrogen and oxygen atoms in total. The Morgan fingerprint density at radius 2 is 2.00 bits per heavy atom. The van der Waals surface area contributed by atoms with Crippen molar-refractivity contribution in [1.82, 2.24) is 0 Å². The Kier molecular flexibility index (Phi) is 5.05. The number of carbonyl (C=O) groups is 1. The summed E-state index contributed by atoms with van der Waals surface area (Å²) >= 11 is 5.00. The molecule has 0 aromatic heterocycles.